The number of benzene rings is 2. The third-order valence-electron chi connectivity index (χ3n) is 5.80. The quantitative estimate of drug-likeness (QED) is 0.473. The topological polar surface area (TPSA) is 105 Å². The maximum absolute atomic E-state index is 12.2. The Labute approximate surface area is 193 Å². The Balaban J connectivity index is 1.43. The molecule has 0 fully saturated rings. The number of amides is 2. The summed E-state index contributed by atoms with van der Waals surface area (Å²) < 4.78 is 5.48. The van der Waals surface area contributed by atoms with Gasteiger partial charge in [0, 0.05) is 31.0 Å². The Hall–Kier alpha value is -3.61. The monoisotopic (exact) mass is 450 g/mol. The number of fused-ring (bicyclic) bond motifs is 3. The van der Waals surface area contributed by atoms with Gasteiger partial charge in [-0.25, -0.2) is 4.79 Å². The molecular formula is C26H30N2O5. The number of carbonyl (C=O) groups is 3. The van der Waals surface area contributed by atoms with Gasteiger partial charge < -0.3 is 20.5 Å². The van der Waals surface area contributed by atoms with Crippen LogP contribution in [0.4, 0.5) is 4.79 Å². The average Bonchev–Trinajstić information content (AvgIpc) is 3.11. The molecule has 1 atom stereocenters. The second-order valence-corrected chi connectivity index (χ2v) is 8.34. The van der Waals surface area contributed by atoms with Crippen molar-refractivity contribution in [2.45, 2.75) is 32.6 Å². The smallest absolute Gasteiger partial charge is 0.407 e. The number of carbonyl (C=O) groups excluding carboxylic acids is 2. The van der Waals surface area contributed by atoms with Gasteiger partial charge in [-0.2, -0.15) is 0 Å². The summed E-state index contributed by atoms with van der Waals surface area (Å²) >= 11 is 0. The van der Waals surface area contributed by atoms with Gasteiger partial charge >= 0.3 is 12.1 Å². The van der Waals surface area contributed by atoms with Crippen molar-refractivity contribution >= 4 is 18.0 Å². The van der Waals surface area contributed by atoms with Crippen LogP contribution in [-0.2, 0) is 14.3 Å². The van der Waals surface area contributed by atoms with Crippen LogP contribution in [0.2, 0.25) is 0 Å². The predicted octanol–water partition coefficient (Wildman–Crippen LogP) is 4.09. The van der Waals surface area contributed by atoms with Gasteiger partial charge in [0.15, 0.2) is 0 Å². The molecule has 0 spiro atoms. The summed E-state index contributed by atoms with van der Waals surface area (Å²) in [5, 5.41) is 14.2. The molecule has 1 unspecified atom stereocenters. The fraction of sp³-hybridized carbons (Fsp3) is 0.346. The van der Waals surface area contributed by atoms with E-state index in [1.807, 2.05) is 31.2 Å². The van der Waals surface area contributed by atoms with Gasteiger partial charge in [-0.3, -0.25) is 9.59 Å². The van der Waals surface area contributed by atoms with E-state index in [1.165, 1.54) is 11.1 Å². The first-order valence-corrected chi connectivity index (χ1v) is 11.1. The van der Waals surface area contributed by atoms with Crippen molar-refractivity contribution in [1.82, 2.24) is 10.6 Å². The SMILES string of the molecule is C/C(=C\CNC(=O)OCC1c2ccccc2-c2ccccc21)C(=O)NCCC(C)CC(=O)O. The Morgan fingerprint density at radius 3 is 2.24 bits per heavy atom. The number of alkyl carbamates (subject to hydrolysis) is 1. The Morgan fingerprint density at radius 2 is 1.64 bits per heavy atom. The molecule has 0 saturated carbocycles. The van der Waals surface area contributed by atoms with Gasteiger partial charge in [0.05, 0.1) is 0 Å². The lowest BCUT2D eigenvalue weighted by Crippen LogP contribution is -2.29. The zero-order valence-corrected chi connectivity index (χ0v) is 19.0. The number of aliphatic carboxylic acids is 1. The van der Waals surface area contributed by atoms with E-state index in [9.17, 15) is 14.4 Å². The summed E-state index contributed by atoms with van der Waals surface area (Å²) in [5.74, 6) is -1.10. The average molecular weight is 451 g/mol. The molecule has 1 aliphatic rings. The molecule has 7 heteroatoms. The number of nitrogens with one attached hydrogen (secondary N) is 2. The maximum atomic E-state index is 12.2. The summed E-state index contributed by atoms with van der Waals surface area (Å²) in [4.78, 5) is 35.0. The predicted molar refractivity (Wildman–Crippen MR) is 126 cm³/mol. The van der Waals surface area contributed by atoms with Gasteiger partial charge in [-0.1, -0.05) is 61.5 Å². The molecule has 0 heterocycles. The number of ether oxygens (including phenoxy) is 1. The maximum Gasteiger partial charge on any atom is 0.407 e. The van der Waals surface area contributed by atoms with Crippen LogP contribution in [-0.4, -0.2) is 42.8 Å². The summed E-state index contributed by atoms with van der Waals surface area (Å²) in [6, 6.07) is 16.3. The van der Waals surface area contributed by atoms with E-state index in [4.69, 9.17) is 9.84 Å². The lowest BCUT2D eigenvalue weighted by molar-refractivity contribution is -0.138. The number of hydrogen-bond acceptors (Lipinski definition) is 4. The Morgan fingerprint density at radius 1 is 1.03 bits per heavy atom. The molecule has 7 nitrogen and oxygen atoms in total. The van der Waals surface area contributed by atoms with Gasteiger partial charge in [0.1, 0.15) is 6.61 Å². The third-order valence-corrected chi connectivity index (χ3v) is 5.80. The highest BCUT2D eigenvalue weighted by molar-refractivity contribution is 5.92. The van der Waals surface area contributed by atoms with Crippen LogP contribution in [0.1, 0.15) is 43.7 Å². The van der Waals surface area contributed by atoms with Gasteiger partial charge in [-0.15, -0.1) is 0 Å². The summed E-state index contributed by atoms with van der Waals surface area (Å²) in [6.07, 6.45) is 1.75. The van der Waals surface area contributed by atoms with Crippen LogP contribution < -0.4 is 10.6 Å². The van der Waals surface area contributed by atoms with Crippen molar-refractivity contribution in [2.75, 3.05) is 19.7 Å². The van der Waals surface area contributed by atoms with Crippen LogP contribution >= 0.6 is 0 Å². The van der Waals surface area contributed by atoms with Crippen LogP contribution in [0.25, 0.3) is 11.1 Å². The molecule has 33 heavy (non-hydrogen) atoms. The van der Waals surface area contributed by atoms with E-state index in [1.54, 1.807) is 13.0 Å². The minimum absolute atomic E-state index is 0.00488. The number of carboxylic acid groups (broad SMARTS) is 1. The molecule has 0 radical (unpaired) electrons. The molecule has 3 N–H and O–H groups in total. The van der Waals surface area contributed by atoms with Gasteiger partial charge in [0.25, 0.3) is 0 Å². The van der Waals surface area contributed by atoms with Crippen molar-refractivity contribution < 1.29 is 24.2 Å². The Bertz CT molecular complexity index is 1000. The molecule has 174 valence electrons. The minimum Gasteiger partial charge on any atom is -0.481 e. The molecule has 2 amide bonds. The number of carboxylic acids is 1. The molecule has 2 aromatic rings. The first kappa shape index (κ1) is 24.0. The fourth-order valence-electron chi connectivity index (χ4n) is 4.00. The van der Waals surface area contributed by atoms with Gasteiger partial charge in [-0.05, 0) is 41.5 Å². The van der Waals surface area contributed by atoms with E-state index in [2.05, 4.69) is 34.9 Å². The molecular weight excluding hydrogens is 420 g/mol. The summed E-state index contributed by atoms with van der Waals surface area (Å²) in [6.45, 7) is 4.30. The van der Waals surface area contributed by atoms with Crippen molar-refractivity contribution in [3.05, 3.63) is 71.3 Å². The van der Waals surface area contributed by atoms with E-state index >= 15 is 0 Å². The molecule has 0 saturated heterocycles. The molecule has 1 aliphatic carbocycles. The number of rotatable bonds is 10. The third kappa shape index (κ3) is 6.44. The minimum atomic E-state index is -0.843. The van der Waals surface area contributed by atoms with Crippen LogP contribution in [0.3, 0.4) is 0 Å². The molecule has 0 bridgehead atoms. The van der Waals surface area contributed by atoms with Crippen LogP contribution in [0, 0.1) is 5.92 Å². The zero-order chi connectivity index (χ0) is 23.8. The van der Waals surface area contributed by atoms with Crippen LogP contribution in [0.15, 0.2) is 60.2 Å². The summed E-state index contributed by atoms with van der Waals surface area (Å²) in [7, 11) is 0. The second-order valence-electron chi connectivity index (χ2n) is 8.34. The second kappa shape index (κ2) is 11.3. The lowest BCUT2D eigenvalue weighted by atomic mass is 9.98. The standard InChI is InChI=1S/C26H30N2O5/c1-17(15-24(29)30)11-13-27-25(31)18(2)12-14-28-26(32)33-16-23-21-9-5-3-7-19(21)20-8-4-6-10-22(20)23/h3-10,12,17,23H,11,13-16H2,1-2H3,(H,27,31)(H,28,32)(H,29,30)/b18-12+. The first-order chi connectivity index (χ1) is 15.9. The van der Waals surface area contributed by atoms with E-state index in [0.29, 0.717) is 18.5 Å². The number of hydrogen-bond donors (Lipinski definition) is 3. The van der Waals surface area contributed by atoms with Crippen LogP contribution in [0.5, 0.6) is 0 Å². The van der Waals surface area contributed by atoms with E-state index in [0.717, 1.165) is 11.1 Å². The lowest BCUT2D eigenvalue weighted by Gasteiger charge is -2.14. The molecule has 2 aromatic carbocycles. The van der Waals surface area contributed by atoms with E-state index < -0.39 is 12.1 Å². The van der Waals surface area contributed by atoms with Crippen molar-refractivity contribution in [3.8, 4) is 11.1 Å². The van der Waals surface area contributed by atoms with Crippen molar-refractivity contribution in [2.24, 2.45) is 5.92 Å². The normalized spacial score (nSPS) is 13.6. The Kier molecular flexibility index (Phi) is 8.24. The highest BCUT2D eigenvalue weighted by Crippen LogP contribution is 2.44. The first-order valence-electron chi connectivity index (χ1n) is 11.1. The highest BCUT2D eigenvalue weighted by Gasteiger charge is 2.28. The van der Waals surface area contributed by atoms with Crippen molar-refractivity contribution in [3.63, 3.8) is 0 Å². The largest absolute Gasteiger partial charge is 0.481 e. The molecule has 0 aliphatic heterocycles. The van der Waals surface area contributed by atoms with Crippen molar-refractivity contribution in [1.29, 1.82) is 0 Å². The fourth-order valence-corrected chi connectivity index (χ4v) is 4.00. The highest BCUT2D eigenvalue weighted by atomic mass is 16.5. The van der Waals surface area contributed by atoms with Gasteiger partial charge in [0.2, 0.25) is 5.91 Å². The molecule has 3 rings (SSSR count). The van der Waals surface area contributed by atoms with E-state index in [-0.39, 0.29) is 37.3 Å². The zero-order valence-electron chi connectivity index (χ0n) is 19.0. The summed E-state index contributed by atoms with van der Waals surface area (Å²) in [5.41, 5.74) is 5.11. The molecule has 0 aromatic heterocycles.